The van der Waals surface area contributed by atoms with Crippen LogP contribution in [0.1, 0.15) is 19.8 Å². The second-order valence-electron chi connectivity index (χ2n) is 6.88. The fourth-order valence-corrected chi connectivity index (χ4v) is 5.49. The van der Waals surface area contributed by atoms with E-state index in [2.05, 4.69) is 34.8 Å². The van der Waals surface area contributed by atoms with Crippen molar-refractivity contribution in [2.24, 2.45) is 5.92 Å². The van der Waals surface area contributed by atoms with Gasteiger partial charge in [0.1, 0.15) is 5.75 Å². The normalized spacial score (nSPS) is 18.7. The van der Waals surface area contributed by atoms with E-state index in [1.807, 2.05) is 30.5 Å². The van der Waals surface area contributed by atoms with E-state index in [1.54, 1.807) is 11.8 Å². The fraction of sp³-hybridized carbons (Fsp3) is 0.409. The highest BCUT2D eigenvalue weighted by Crippen LogP contribution is 2.42. The van der Waals surface area contributed by atoms with Gasteiger partial charge in [-0.25, -0.2) is 0 Å². The highest BCUT2D eigenvalue weighted by atomic mass is 32.2. The third kappa shape index (κ3) is 5.14. The highest BCUT2D eigenvalue weighted by molar-refractivity contribution is 7.98. The van der Waals surface area contributed by atoms with Gasteiger partial charge in [0.05, 0.1) is 46.4 Å². The van der Waals surface area contributed by atoms with Crippen LogP contribution in [-0.4, -0.2) is 42.4 Å². The summed E-state index contributed by atoms with van der Waals surface area (Å²) in [4.78, 5) is 15.4. The van der Waals surface area contributed by atoms with Gasteiger partial charge in [-0.2, -0.15) is 0 Å². The maximum atomic E-state index is 13.2. The Morgan fingerprint density at radius 1 is 1.28 bits per heavy atom. The average Bonchev–Trinajstić information content (AvgIpc) is 2.89. The highest BCUT2D eigenvalue weighted by Gasteiger charge is 2.28. The minimum atomic E-state index is -1.12. The van der Waals surface area contributed by atoms with E-state index < -0.39 is 10.8 Å². The molecule has 2 aromatic rings. The summed E-state index contributed by atoms with van der Waals surface area (Å²) in [6, 6.07) is 14.2. The molecule has 5 nitrogen and oxygen atoms in total. The molecule has 1 heterocycles. The Kier molecular flexibility index (Phi) is 7.61. The number of nitrogens with zero attached hydrogens (tertiary/aromatic N) is 1. The van der Waals surface area contributed by atoms with Crippen LogP contribution in [0.2, 0.25) is 0 Å². The lowest BCUT2D eigenvalue weighted by Gasteiger charge is -2.28. The number of ether oxygens (including phenoxy) is 2. The second-order valence-corrected chi connectivity index (χ2v) is 9.19. The molecule has 7 heteroatoms. The van der Waals surface area contributed by atoms with Gasteiger partial charge in [-0.15, -0.1) is 11.8 Å². The van der Waals surface area contributed by atoms with Crippen molar-refractivity contribution in [3.8, 4) is 5.75 Å². The Morgan fingerprint density at radius 2 is 2.03 bits per heavy atom. The van der Waals surface area contributed by atoms with E-state index in [0.29, 0.717) is 17.4 Å². The summed E-state index contributed by atoms with van der Waals surface area (Å²) in [5.41, 5.74) is 2.06. The predicted molar refractivity (Wildman–Crippen MR) is 119 cm³/mol. The first-order chi connectivity index (χ1) is 14.1. The summed E-state index contributed by atoms with van der Waals surface area (Å²) < 4.78 is 23.7. The first kappa shape index (κ1) is 21.7. The largest absolute Gasteiger partial charge is 0.492 e. The zero-order valence-electron chi connectivity index (χ0n) is 17.1. The van der Waals surface area contributed by atoms with Gasteiger partial charge in [-0.05, 0) is 36.4 Å². The molecule has 0 aliphatic carbocycles. The summed E-state index contributed by atoms with van der Waals surface area (Å²) in [7, 11) is 0.249. The zero-order chi connectivity index (χ0) is 20.8. The number of hydrogen-bond donors (Lipinski definition) is 0. The molecule has 0 saturated heterocycles. The number of esters is 1. The lowest BCUT2D eigenvalue weighted by atomic mass is 10.1. The number of carbonyl (C=O) groups excluding carboxylic acids is 1. The van der Waals surface area contributed by atoms with Gasteiger partial charge >= 0.3 is 5.97 Å². The van der Waals surface area contributed by atoms with Crippen LogP contribution in [0.5, 0.6) is 5.75 Å². The summed E-state index contributed by atoms with van der Waals surface area (Å²) in [6.45, 7) is 3.21. The average molecular weight is 434 g/mol. The van der Waals surface area contributed by atoms with Crippen LogP contribution >= 0.6 is 11.8 Å². The SMILES string of the molecule is CC[C@H]1CN(c2ccccc2)c2cc(SC)c(OCCC(=O)OC)cc2S(=O)C1. The predicted octanol–water partition coefficient (Wildman–Crippen LogP) is 4.64. The van der Waals surface area contributed by atoms with Crippen molar-refractivity contribution in [3.63, 3.8) is 0 Å². The monoisotopic (exact) mass is 433 g/mol. The van der Waals surface area contributed by atoms with Gasteiger partial charge in [0, 0.05) is 18.0 Å². The lowest BCUT2D eigenvalue weighted by Crippen LogP contribution is -2.25. The molecular formula is C22H27NO4S2. The zero-order valence-corrected chi connectivity index (χ0v) is 18.7. The number of benzene rings is 2. The van der Waals surface area contributed by atoms with Crippen molar-refractivity contribution in [2.45, 2.75) is 29.6 Å². The van der Waals surface area contributed by atoms with Crippen LogP contribution in [-0.2, 0) is 20.3 Å². The summed E-state index contributed by atoms with van der Waals surface area (Å²) in [6.07, 6.45) is 3.14. The quantitative estimate of drug-likeness (QED) is 0.469. The van der Waals surface area contributed by atoms with Crippen LogP contribution in [0, 0.1) is 5.92 Å². The Morgan fingerprint density at radius 3 is 2.69 bits per heavy atom. The number of carbonyl (C=O) groups is 1. The molecule has 0 aromatic heterocycles. The molecule has 0 saturated carbocycles. The minimum Gasteiger partial charge on any atom is -0.492 e. The van der Waals surface area contributed by atoms with E-state index in [1.165, 1.54) is 7.11 Å². The van der Waals surface area contributed by atoms with Crippen LogP contribution < -0.4 is 9.64 Å². The van der Waals surface area contributed by atoms with Crippen molar-refractivity contribution < 1.29 is 18.5 Å². The molecule has 0 spiro atoms. The third-order valence-corrected chi connectivity index (χ3v) is 7.40. The molecule has 0 fully saturated rings. The first-order valence-corrected chi connectivity index (χ1v) is 12.2. The number of fused-ring (bicyclic) bond motifs is 1. The number of thioether (sulfide) groups is 1. The number of rotatable bonds is 7. The Labute approximate surface area is 179 Å². The number of anilines is 2. The molecule has 0 radical (unpaired) electrons. The number of methoxy groups -OCH3 is 1. The molecular weight excluding hydrogens is 406 g/mol. The van der Waals surface area contributed by atoms with Crippen molar-refractivity contribution in [1.29, 1.82) is 0 Å². The van der Waals surface area contributed by atoms with Gasteiger partial charge in [0.2, 0.25) is 0 Å². The molecule has 2 aromatic carbocycles. The molecule has 2 atom stereocenters. The molecule has 1 aliphatic heterocycles. The molecule has 1 unspecified atom stereocenters. The van der Waals surface area contributed by atoms with E-state index >= 15 is 0 Å². The van der Waals surface area contributed by atoms with E-state index in [-0.39, 0.29) is 19.0 Å². The van der Waals surface area contributed by atoms with Gasteiger partial charge < -0.3 is 14.4 Å². The maximum Gasteiger partial charge on any atom is 0.308 e. The van der Waals surface area contributed by atoms with E-state index in [4.69, 9.17) is 4.74 Å². The molecule has 0 N–H and O–H groups in total. The van der Waals surface area contributed by atoms with Gasteiger partial charge in [-0.1, -0.05) is 31.5 Å². The summed E-state index contributed by atoms with van der Waals surface area (Å²) in [5.74, 6) is 1.32. The molecule has 1 aliphatic rings. The van der Waals surface area contributed by atoms with E-state index in [9.17, 15) is 9.00 Å². The van der Waals surface area contributed by atoms with Crippen LogP contribution in [0.3, 0.4) is 0 Å². The summed E-state index contributed by atoms with van der Waals surface area (Å²) >= 11 is 1.58. The standard InChI is InChI=1S/C22H27NO4S2/c1-4-16-14-23(17-8-6-5-7-9-17)18-12-20(28-3)19(13-21(18)29(25)15-16)27-11-10-22(24)26-2/h5-9,12-13,16H,4,10-11,14-15H2,1-3H3/t16-,29?/m0/s1. The van der Waals surface area contributed by atoms with Crippen LogP contribution in [0.25, 0.3) is 0 Å². The molecule has 0 bridgehead atoms. The topological polar surface area (TPSA) is 55.8 Å². The fourth-order valence-electron chi connectivity index (χ4n) is 3.36. The molecule has 156 valence electrons. The molecule has 29 heavy (non-hydrogen) atoms. The van der Waals surface area contributed by atoms with Gasteiger partial charge in [0.25, 0.3) is 0 Å². The Bertz CT molecular complexity index is 873. The van der Waals surface area contributed by atoms with Crippen LogP contribution in [0.4, 0.5) is 11.4 Å². The Hall–Kier alpha value is -1.99. The Balaban J connectivity index is 2.01. The van der Waals surface area contributed by atoms with Gasteiger partial charge in [0.15, 0.2) is 0 Å². The maximum absolute atomic E-state index is 13.2. The van der Waals surface area contributed by atoms with Crippen molar-refractivity contribution in [1.82, 2.24) is 0 Å². The molecule has 3 rings (SSSR count). The number of hydrogen-bond acceptors (Lipinski definition) is 6. The van der Waals surface area contributed by atoms with E-state index in [0.717, 1.165) is 34.1 Å². The van der Waals surface area contributed by atoms with Crippen molar-refractivity contribution in [3.05, 3.63) is 42.5 Å². The van der Waals surface area contributed by atoms with Crippen molar-refractivity contribution >= 4 is 39.9 Å². The molecule has 0 amide bonds. The second kappa shape index (κ2) is 10.2. The smallest absolute Gasteiger partial charge is 0.308 e. The van der Waals surface area contributed by atoms with Crippen LogP contribution in [0.15, 0.2) is 52.3 Å². The minimum absolute atomic E-state index is 0.179. The lowest BCUT2D eigenvalue weighted by molar-refractivity contribution is -0.141. The van der Waals surface area contributed by atoms with Gasteiger partial charge in [-0.3, -0.25) is 9.00 Å². The summed E-state index contributed by atoms with van der Waals surface area (Å²) in [5, 5.41) is 0. The first-order valence-electron chi connectivity index (χ1n) is 9.70. The number of para-hydroxylation sites is 1. The third-order valence-electron chi connectivity index (χ3n) is 5.05. The van der Waals surface area contributed by atoms with Crippen molar-refractivity contribution in [2.75, 3.05) is 37.2 Å².